The second kappa shape index (κ2) is 13.2. The standard InChI is InChI=1S/C37H45N3O8/c1-22(2)40-29-18-33(31(46-6)17-28(29)35(42)39-21-24(4)19-37(39,44)36(40)43)48-13-9-7-8-12-47-32-15-25-10-11-26-14-23(3)20-38(26)34(41)27(25)16-30(32)45-5/h10-11,15-18,22,26,36,43-44H,3-4,7-9,12-14,19-21H2,1-2,5-6H3/t26-,36+,37-/m1/s1. The quantitative estimate of drug-likeness (QED) is 0.260. The SMILES string of the molecule is C=C1C[C@H]2C=Cc3cc(OCCCCCOc4cc5c(cc4OC)C(=O)N4CC(=C)C[C@@]4(O)[C@H](O)N5C(C)C)c(OC)cc3C(=O)N2C1. The number of nitrogens with zero attached hydrogens (tertiary/aromatic N) is 3. The molecule has 4 aliphatic rings. The third-order valence-electron chi connectivity index (χ3n) is 9.55. The van der Waals surface area contributed by atoms with Gasteiger partial charge in [0.25, 0.3) is 11.8 Å². The van der Waals surface area contributed by atoms with E-state index in [2.05, 4.69) is 19.2 Å². The number of amides is 2. The first-order valence-electron chi connectivity index (χ1n) is 16.5. The minimum atomic E-state index is -1.79. The molecule has 0 saturated carbocycles. The molecule has 2 saturated heterocycles. The van der Waals surface area contributed by atoms with Gasteiger partial charge in [-0.1, -0.05) is 36.5 Å². The van der Waals surface area contributed by atoms with Crippen molar-refractivity contribution in [3.8, 4) is 23.0 Å². The van der Waals surface area contributed by atoms with Crippen LogP contribution in [0, 0.1) is 0 Å². The molecule has 0 spiro atoms. The van der Waals surface area contributed by atoms with Crippen molar-refractivity contribution in [2.75, 3.05) is 45.4 Å². The van der Waals surface area contributed by atoms with Gasteiger partial charge in [0, 0.05) is 31.6 Å². The molecule has 2 amide bonds. The van der Waals surface area contributed by atoms with Gasteiger partial charge in [0.1, 0.15) is 0 Å². The Morgan fingerprint density at radius 1 is 0.875 bits per heavy atom. The highest BCUT2D eigenvalue weighted by atomic mass is 16.5. The molecule has 0 radical (unpaired) electrons. The van der Waals surface area contributed by atoms with E-state index in [9.17, 15) is 19.8 Å². The molecule has 0 bridgehead atoms. The van der Waals surface area contributed by atoms with Crippen LogP contribution in [0.3, 0.4) is 0 Å². The molecule has 48 heavy (non-hydrogen) atoms. The number of methoxy groups -OCH3 is 2. The highest BCUT2D eigenvalue weighted by Gasteiger charge is 2.55. The zero-order valence-corrected chi connectivity index (χ0v) is 28.2. The monoisotopic (exact) mass is 659 g/mol. The fourth-order valence-electron chi connectivity index (χ4n) is 7.13. The number of ether oxygens (including phenoxy) is 4. The average Bonchev–Trinajstić information content (AvgIpc) is 3.54. The van der Waals surface area contributed by atoms with Gasteiger partial charge < -0.3 is 43.9 Å². The number of carbonyl (C=O) groups excluding carboxylic acids is 2. The van der Waals surface area contributed by atoms with Crippen molar-refractivity contribution < 1.29 is 38.7 Å². The summed E-state index contributed by atoms with van der Waals surface area (Å²) in [6.45, 7) is 13.4. The Bertz CT molecular complexity index is 1670. The van der Waals surface area contributed by atoms with Crippen molar-refractivity contribution in [3.63, 3.8) is 0 Å². The molecule has 6 rings (SSSR count). The largest absolute Gasteiger partial charge is 0.493 e. The van der Waals surface area contributed by atoms with E-state index in [4.69, 9.17) is 18.9 Å². The van der Waals surface area contributed by atoms with Gasteiger partial charge in [-0.25, -0.2) is 0 Å². The maximum Gasteiger partial charge on any atom is 0.258 e. The number of fused-ring (bicyclic) bond motifs is 4. The fourth-order valence-corrected chi connectivity index (χ4v) is 7.13. The smallest absolute Gasteiger partial charge is 0.258 e. The number of carbonyl (C=O) groups is 2. The summed E-state index contributed by atoms with van der Waals surface area (Å²) in [6.07, 6.45) is 5.86. The zero-order valence-electron chi connectivity index (χ0n) is 28.2. The zero-order chi connectivity index (χ0) is 34.3. The van der Waals surface area contributed by atoms with Crippen LogP contribution in [0.5, 0.6) is 23.0 Å². The lowest BCUT2D eigenvalue weighted by Gasteiger charge is -2.41. The van der Waals surface area contributed by atoms with E-state index in [0.717, 1.165) is 36.8 Å². The molecule has 2 aromatic rings. The third kappa shape index (κ3) is 5.90. The number of hydrogen-bond acceptors (Lipinski definition) is 9. The van der Waals surface area contributed by atoms with E-state index in [-0.39, 0.29) is 31.0 Å². The van der Waals surface area contributed by atoms with Crippen molar-refractivity contribution in [1.82, 2.24) is 9.80 Å². The number of anilines is 1. The Labute approximate surface area is 281 Å². The lowest BCUT2D eigenvalue weighted by molar-refractivity contribution is -0.141. The van der Waals surface area contributed by atoms with Crippen molar-refractivity contribution in [3.05, 3.63) is 71.3 Å². The first kappa shape index (κ1) is 33.4. The van der Waals surface area contributed by atoms with Crippen molar-refractivity contribution in [2.45, 2.75) is 70.0 Å². The van der Waals surface area contributed by atoms with Crippen molar-refractivity contribution in [2.24, 2.45) is 0 Å². The van der Waals surface area contributed by atoms with Gasteiger partial charge in [-0.3, -0.25) is 9.59 Å². The normalized spacial score (nSPS) is 23.1. The Morgan fingerprint density at radius 3 is 2.17 bits per heavy atom. The Morgan fingerprint density at radius 2 is 1.52 bits per heavy atom. The van der Waals surface area contributed by atoms with Gasteiger partial charge in [-0.2, -0.15) is 0 Å². The summed E-state index contributed by atoms with van der Waals surface area (Å²) in [5, 5.41) is 22.9. The molecule has 11 nitrogen and oxygen atoms in total. The number of aliphatic hydroxyl groups is 2. The summed E-state index contributed by atoms with van der Waals surface area (Å²) in [6, 6.07) is 6.74. The van der Waals surface area contributed by atoms with Crippen LogP contribution in [-0.2, 0) is 0 Å². The van der Waals surface area contributed by atoms with Crippen molar-refractivity contribution >= 4 is 23.6 Å². The minimum absolute atomic E-state index is 0.0233. The Hall–Kier alpha value is -4.48. The number of benzene rings is 2. The summed E-state index contributed by atoms with van der Waals surface area (Å²) < 4.78 is 23.4. The topological polar surface area (TPSA) is 121 Å². The van der Waals surface area contributed by atoms with E-state index in [1.165, 1.54) is 12.0 Å². The van der Waals surface area contributed by atoms with E-state index in [1.54, 1.807) is 30.2 Å². The molecule has 2 fully saturated rings. The summed E-state index contributed by atoms with van der Waals surface area (Å²) in [7, 11) is 3.08. The number of unbranched alkanes of at least 4 members (excludes halogenated alkanes) is 2. The predicted molar refractivity (Wildman–Crippen MR) is 182 cm³/mol. The molecule has 2 aromatic carbocycles. The highest BCUT2D eigenvalue weighted by molar-refractivity contribution is 6.03. The second-order valence-electron chi connectivity index (χ2n) is 13.3. The van der Waals surface area contributed by atoms with Gasteiger partial charge >= 0.3 is 0 Å². The summed E-state index contributed by atoms with van der Waals surface area (Å²) in [5.74, 6) is 1.50. The fraction of sp³-hybridized carbons (Fsp3) is 0.459. The summed E-state index contributed by atoms with van der Waals surface area (Å²) >= 11 is 0. The summed E-state index contributed by atoms with van der Waals surface area (Å²) in [4.78, 5) is 31.7. The average molecular weight is 660 g/mol. The van der Waals surface area contributed by atoms with E-state index >= 15 is 0 Å². The maximum atomic E-state index is 13.7. The molecular formula is C37H45N3O8. The predicted octanol–water partition coefficient (Wildman–Crippen LogP) is 4.77. The molecule has 4 heterocycles. The number of hydrogen-bond donors (Lipinski definition) is 2. The summed E-state index contributed by atoms with van der Waals surface area (Å²) in [5.41, 5.74) is 2.12. The molecule has 256 valence electrons. The first-order chi connectivity index (χ1) is 23.0. The van der Waals surface area contributed by atoms with Gasteiger partial charge in [-0.05, 0) is 63.3 Å². The molecule has 4 aliphatic heterocycles. The van der Waals surface area contributed by atoms with Gasteiger partial charge in [0.05, 0.1) is 50.3 Å². The number of aliphatic hydroxyl groups excluding tert-OH is 1. The second-order valence-corrected chi connectivity index (χ2v) is 13.3. The van der Waals surface area contributed by atoms with Gasteiger partial charge in [0.15, 0.2) is 35.0 Å². The van der Waals surface area contributed by atoms with E-state index in [1.807, 2.05) is 30.9 Å². The molecule has 11 heteroatoms. The molecule has 3 atom stereocenters. The molecular weight excluding hydrogens is 614 g/mol. The lowest BCUT2D eigenvalue weighted by atomic mass is 10.0. The first-order valence-corrected chi connectivity index (χ1v) is 16.5. The van der Waals surface area contributed by atoms with E-state index < -0.39 is 17.9 Å². The van der Waals surface area contributed by atoms with Gasteiger partial charge in [0.2, 0.25) is 0 Å². The Kier molecular flexibility index (Phi) is 9.19. The van der Waals surface area contributed by atoms with Crippen LogP contribution in [0.4, 0.5) is 5.69 Å². The Balaban J connectivity index is 1.08. The molecule has 2 N–H and O–H groups in total. The minimum Gasteiger partial charge on any atom is -0.493 e. The van der Waals surface area contributed by atoms with Crippen molar-refractivity contribution in [1.29, 1.82) is 0 Å². The maximum absolute atomic E-state index is 13.7. The third-order valence-corrected chi connectivity index (χ3v) is 9.55. The number of rotatable bonds is 11. The van der Waals surface area contributed by atoms with Crippen LogP contribution in [0.25, 0.3) is 6.08 Å². The van der Waals surface area contributed by atoms with Crippen LogP contribution < -0.4 is 23.8 Å². The van der Waals surface area contributed by atoms with Crippen LogP contribution in [-0.4, -0.2) is 96.4 Å². The van der Waals surface area contributed by atoms with Crippen LogP contribution in [0.2, 0.25) is 0 Å². The van der Waals surface area contributed by atoms with Crippen LogP contribution in [0.1, 0.15) is 72.2 Å². The molecule has 0 aromatic heterocycles. The van der Waals surface area contributed by atoms with Crippen LogP contribution >= 0.6 is 0 Å². The molecule has 0 unspecified atom stereocenters. The highest BCUT2D eigenvalue weighted by Crippen LogP contribution is 2.45. The van der Waals surface area contributed by atoms with Gasteiger partial charge in [-0.15, -0.1) is 0 Å². The molecule has 0 aliphatic carbocycles. The lowest BCUT2D eigenvalue weighted by Crippen LogP contribution is -2.60. The van der Waals surface area contributed by atoms with E-state index in [0.29, 0.717) is 65.1 Å². The van der Waals surface area contributed by atoms with Crippen LogP contribution in [0.15, 0.2) is 54.6 Å².